The van der Waals surface area contributed by atoms with Crippen molar-refractivity contribution in [1.82, 2.24) is 5.32 Å². The van der Waals surface area contributed by atoms with E-state index in [1.54, 1.807) is 13.0 Å². The van der Waals surface area contributed by atoms with Crippen LogP contribution in [0.15, 0.2) is 24.3 Å². The van der Waals surface area contributed by atoms with Gasteiger partial charge >= 0.3 is 0 Å². The van der Waals surface area contributed by atoms with Gasteiger partial charge in [-0.15, -0.1) is 0 Å². The molecule has 1 N–H and O–H groups in total. The molecule has 0 aromatic heterocycles. The number of hydrogen-bond acceptors (Lipinski definition) is 3. The van der Waals surface area contributed by atoms with Crippen LogP contribution in [0.25, 0.3) is 0 Å². The summed E-state index contributed by atoms with van der Waals surface area (Å²) in [5, 5.41) is 3.10. The first-order chi connectivity index (χ1) is 10.3. The van der Waals surface area contributed by atoms with Crippen molar-refractivity contribution in [3.63, 3.8) is 0 Å². The maximum absolute atomic E-state index is 12.8. The molecule has 1 aliphatic carbocycles. The lowest BCUT2D eigenvalue weighted by molar-refractivity contribution is -0.130. The Hall–Kier alpha value is -1.07. The number of carbonyl (C=O) groups excluding carboxylic acids is 1. The summed E-state index contributed by atoms with van der Waals surface area (Å²) in [6, 6.07) is 7.14. The van der Waals surface area contributed by atoms with Gasteiger partial charge in [0.1, 0.15) is 0 Å². The Bertz CT molecular complexity index is 697. The van der Waals surface area contributed by atoms with E-state index >= 15 is 0 Å². The number of nitrogens with one attached hydrogen (secondary N) is 1. The van der Waals surface area contributed by atoms with Gasteiger partial charge in [-0.05, 0) is 43.9 Å². The normalized spacial score (nSPS) is 28.8. The molecule has 1 amide bonds. The number of amides is 1. The molecule has 0 bridgehead atoms. The van der Waals surface area contributed by atoms with Gasteiger partial charge < -0.3 is 5.32 Å². The zero-order valence-electron chi connectivity index (χ0n) is 12.5. The minimum absolute atomic E-state index is 0.0602. The first-order valence-electron chi connectivity index (χ1n) is 7.64. The Balaban J connectivity index is 1.81. The zero-order valence-corrected chi connectivity index (χ0v) is 14.1. The summed E-state index contributed by atoms with van der Waals surface area (Å²) in [6.07, 6.45) is 3.07. The molecule has 2 fully saturated rings. The molecule has 0 radical (unpaired) electrons. The molecule has 1 aliphatic heterocycles. The molecule has 0 spiro atoms. The average Bonchev–Trinajstić information content (AvgIpc) is 2.65. The van der Waals surface area contributed by atoms with E-state index in [1.165, 1.54) is 0 Å². The predicted molar refractivity (Wildman–Crippen MR) is 86.8 cm³/mol. The summed E-state index contributed by atoms with van der Waals surface area (Å²) >= 11 is 6.06. The molecule has 120 valence electrons. The lowest BCUT2D eigenvalue weighted by Crippen LogP contribution is -2.53. The molecule has 1 aromatic carbocycles. The largest absolute Gasteiger partial charge is 0.351 e. The highest BCUT2D eigenvalue weighted by Gasteiger charge is 2.48. The summed E-state index contributed by atoms with van der Waals surface area (Å²) in [5.41, 5.74) is 0.383. The quantitative estimate of drug-likeness (QED) is 0.918. The SMILES string of the molecule is C[C@H]1[C@@H](NC(=O)C2(c3cccc(Cl)c3)CCC2)CCS1(=O)=O. The van der Waals surface area contributed by atoms with E-state index in [0.717, 1.165) is 24.8 Å². The fraction of sp³-hybridized carbons (Fsp3) is 0.562. The Kier molecular flexibility index (Phi) is 3.98. The van der Waals surface area contributed by atoms with Crippen molar-refractivity contribution in [1.29, 1.82) is 0 Å². The predicted octanol–water partition coefficient (Wildman–Crippen LogP) is 2.45. The van der Waals surface area contributed by atoms with Crippen LogP contribution >= 0.6 is 11.6 Å². The molecule has 2 aliphatic rings. The lowest BCUT2D eigenvalue weighted by Gasteiger charge is -2.41. The second kappa shape index (κ2) is 5.53. The van der Waals surface area contributed by atoms with Crippen molar-refractivity contribution in [3.05, 3.63) is 34.9 Å². The van der Waals surface area contributed by atoms with Crippen molar-refractivity contribution >= 4 is 27.3 Å². The van der Waals surface area contributed by atoms with Crippen molar-refractivity contribution in [2.24, 2.45) is 0 Å². The van der Waals surface area contributed by atoms with Gasteiger partial charge in [0.15, 0.2) is 9.84 Å². The van der Waals surface area contributed by atoms with E-state index in [1.807, 2.05) is 18.2 Å². The van der Waals surface area contributed by atoms with Crippen LogP contribution in [0.3, 0.4) is 0 Å². The van der Waals surface area contributed by atoms with Crippen molar-refractivity contribution < 1.29 is 13.2 Å². The second-order valence-corrected chi connectivity index (χ2v) is 9.30. The Morgan fingerprint density at radius 2 is 2.09 bits per heavy atom. The Morgan fingerprint density at radius 1 is 1.36 bits per heavy atom. The minimum atomic E-state index is -3.06. The van der Waals surface area contributed by atoms with Gasteiger partial charge in [-0.1, -0.05) is 30.2 Å². The van der Waals surface area contributed by atoms with Crippen LogP contribution in [0.2, 0.25) is 5.02 Å². The molecular weight excluding hydrogens is 322 g/mol. The van der Waals surface area contributed by atoms with E-state index in [4.69, 9.17) is 11.6 Å². The van der Waals surface area contributed by atoms with Crippen LogP contribution in [0.4, 0.5) is 0 Å². The number of halogens is 1. The molecule has 3 rings (SSSR count). The number of hydrogen-bond donors (Lipinski definition) is 1. The van der Waals surface area contributed by atoms with E-state index in [-0.39, 0.29) is 17.7 Å². The average molecular weight is 342 g/mol. The Morgan fingerprint density at radius 3 is 2.59 bits per heavy atom. The van der Waals surface area contributed by atoms with Crippen LogP contribution in [-0.2, 0) is 20.0 Å². The van der Waals surface area contributed by atoms with E-state index in [2.05, 4.69) is 5.32 Å². The lowest BCUT2D eigenvalue weighted by atomic mass is 9.63. The molecular formula is C16H20ClNO3S. The number of carbonyl (C=O) groups is 1. The molecule has 1 aromatic rings. The van der Waals surface area contributed by atoms with Crippen LogP contribution in [0, 0.1) is 0 Å². The number of benzene rings is 1. The molecule has 1 heterocycles. The summed E-state index contributed by atoms with van der Waals surface area (Å²) in [7, 11) is -3.06. The monoisotopic (exact) mass is 341 g/mol. The molecule has 1 saturated heterocycles. The minimum Gasteiger partial charge on any atom is -0.351 e. The highest BCUT2D eigenvalue weighted by Crippen LogP contribution is 2.44. The Labute approximate surface area is 136 Å². The van der Waals surface area contributed by atoms with Crippen molar-refractivity contribution in [2.45, 2.75) is 49.3 Å². The van der Waals surface area contributed by atoms with Crippen LogP contribution in [0.1, 0.15) is 38.2 Å². The standard InChI is InChI=1S/C16H20ClNO3S/c1-11-14(6-9-22(11,20)21)18-15(19)16(7-3-8-16)12-4-2-5-13(17)10-12/h2,4-5,10-11,14H,3,6-9H2,1H3,(H,18,19)/t11-,14-/m0/s1. The van der Waals surface area contributed by atoms with E-state index in [9.17, 15) is 13.2 Å². The van der Waals surface area contributed by atoms with E-state index in [0.29, 0.717) is 11.4 Å². The zero-order chi connectivity index (χ0) is 16.0. The maximum Gasteiger partial charge on any atom is 0.230 e. The highest BCUT2D eigenvalue weighted by atomic mass is 35.5. The maximum atomic E-state index is 12.8. The van der Waals surface area contributed by atoms with Crippen LogP contribution in [0.5, 0.6) is 0 Å². The van der Waals surface area contributed by atoms with Crippen molar-refractivity contribution in [3.8, 4) is 0 Å². The molecule has 1 saturated carbocycles. The molecule has 0 unspecified atom stereocenters. The van der Waals surface area contributed by atoms with Gasteiger partial charge in [-0.25, -0.2) is 8.42 Å². The third kappa shape index (κ3) is 2.54. The van der Waals surface area contributed by atoms with Gasteiger partial charge in [0.2, 0.25) is 5.91 Å². The topological polar surface area (TPSA) is 63.2 Å². The van der Waals surface area contributed by atoms with Crippen LogP contribution < -0.4 is 5.32 Å². The van der Waals surface area contributed by atoms with Crippen molar-refractivity contribution in [2.75, 3.05) is 5.75 Å². The smallest absolute Gasteiger partial charge is 0.230 e. The fourth-order valence-electron chi connectivity index (χ4n) is 3.42. The number of sulfone groups is 1. The third-order valence-corrected chi connectivity index (χ3v) is 7.68. The summed E-state index contributed by atoms with van der Waals surface area (Å²) in [5.74, 6) is 0.0958. The highest BCUT2D eigenvalue weighted by molar-refractivity contribution is 7.92. The summed E-state index contributed by atoms with van der Waals surface area (Å²) in [4.78, 5) is 12.8. The van der Waals surface area contributed by atoms with Gasteiger partial charge in [0.25, 0.3) is 0 Å². The van der Waals surface area contributed by atoms with Crippen LogP contribution in [-0.4, -0.2) is 31.4 Å². The van der Waals surface area contributed by atoms with Gasteiger partial charge in [0, 0.05) is 11.1 Å². The summed E-state index contributed by atoms with van der Waals surface area (Å²) in [6.45, 7) is 1.68. The first-order valence-corrected chi connectivity index (χ1v) is 9.73. The number of rotatable bonds is 3. The van der Waals surface area contributed by atoms with Gasteiger partial charge in [-0.3, -0.25) is 4.79 Å². The summed E-state index contributed by atoms with van der Waals surface area (Å²) < 4.78 is 23.7. The third-order valence-electron chi connectivity index (χ3n) is 5.18. The first kappa shape index (κ1) is 15.8. The molecule has 6 heteroatoms. The fourth-order valence-corrected chi connectivity index (χ4v) is 5.27. The second-order valence-electron chi connectivity index (χ2n) is 6.39. The molecule has 22 heavy (non-hydrogen) atoms. The molecule has 4 nitrogen and oxygen atoms in total. The molecule has 2 atom stereocenters. The van der Waals surface area contributed by atoms with E-state index < -0.39 is 20.5 Å². The van der Waals surface area contributed by atoms with Gasteiger partial charge in [-0.2, -0.15) is 0 Å². The van der Waals surface area contributed by atoms with Gasteiger partial charge in [0.05, 0.1) is 16.4 Å².